The summed E-state index contributed by atoms with van der Waals surface area (Å²) in [6, 6.07) is 7.38. The molecule has 138 valence electrons. The van der Waals surface area contributed by atoms with Gasteiger partial charge in [0.05, 0.1) is 18.1 Å². The zero-order valence-corrected chi connectivity index (χ0v) is 16.4. The molecule has 0 bridgehead atoms. The minimum Gasteiger partial charge on any atom is -0.497 e. The van der Waals surface area contributed by atoms with E-state index in [4.69, 9.17) is 4.74 Å². The van der Waals surface area contributed by atoms with E-state index in [0.29, 0.717) is 0 Å². The van der Waals surface area contributed by atoms with Crippen molar-refractivity contribution in [1.82, 2.24) is 0 Å². The lowest BCUT2D eigenvalue weighted by molar-refractivity contribution is 0.414. The Kier molecular flexibility index (Phi) is 10.1. The number of methoxy groups -OCH3 is 1. The number of hydrogen-bond donors (Lipinski definition) is 0. The number of benzene rings is 1. The minimum atomic E-state index is -3.10. The van der Waals surface area contributed by atoms with Crippen LogP contribution >= 0.6 is 0 Å². The molecular weight excluding hydrogens is 320 g/mol. The third kappa shape index (κ3) is 7.69. The van der Waals surface area contributed by atoms with Crippen molar-refractivity contribution in [3.8, 4) is 5.75 Å². The lowest BCUT2D eigenvalue weighted by Gasteiger charge is -2.18. The molecule has 0 amide bonds. The maximum atomic E-state index is 12.9. The Bertz CT molecular complexity index is 535. The van der Waals surface area contributed by atoms with Crippen molar-refractivity contribution in [3.05, 3.63) is 29.8 Å². The first-order valence-electron chi connectivity index (χ1n) is 9.38. The number of rotatable bonds is 13. The van der Waals surface area contributed by atoms with Crippen molar-refractivity contribution in [2.45, 2.75) is 82.6 Å². The Morgan fingerprint density at radius 2 is 1.42 bits per heavy atom. The van der Waals surface area contributed by atoms with Gasteiger partial charge in [0.2, 0.25) is 0 Å². The molecule has 0 radical (unpaired) electrons. The van der Waals surface area contributed by atoms with Gasteiger partial charge in [0.25, 0.3) is 0 Å². The van der Waals surface area contributed by atoms with E-state index in [1.165, 1.54) is 12.8 Å². The minimum absolute atomic E-state index is 0.140. The SMILES string of the molecule is CCCCCCC(CCCCC)S(=O)(=O)Cc1ccc(OC)cc1. The molecule has 1 unspecified atom stereocenters. The summed E-state index contributed by atoms with van der Waals surface area (Å²) in [6.07, 6.45) is 9.40. The first-order valence-corrected chi connectivity index (χ1v) is 11.1. The summed E-state index contributed by atoms with van der Waals surface area (Å²) >= 11 is 0. The molecular formula is C20H34O3S. The van der Waals surface area contributed by atoms with Crippen LogP contribution in [0.4, 0.5) is 0 Å². The Morgan fingerprint density at radius 1 is 0.875 bits per heavy atom. The fourth-order valence-electron chi connectivity index (χ4n) is 3.00. The van der Waals surface area contributed by atoms with Crippen LogP contribution in [-0.2, 0) is 15.6 Å². The van der Waals surface area contributed by atoms with E-state index >= 15 is 0 Å². The van der Waals surface area contributed by atoms with Gasteiger partial charge in [-0.2, -0.15) is 0 Å². The number of hydrogen-bond acceptors (Lipinski definition) is 3. The van der Waals surface area contributed by atoms with Gasteiger partial charge < -0.3 is 4.74 Å². The zero-order valence-electron chi connectivity index (χ0n) is 15.6. The maximum Gasteiger partial charge on any atom is 0.157 e. The highest BCUT2D eigenvalue weighted by atomic mass is 32.2. The molecule has 1 rings (SSSR count). The molecule has 0 heterocycles. The second-order valence-corrected chi connectivity index (χ2v) is 8.90. The highest BCUT2D eigenvalue weighted by molar-refractivity contribution is 7.91. The predicted molar refractivity (Wildman–Crippen MR) is 102 cm³/mol. The molecule has 0 saturated heterocycles. The first kappa shape index (κ1) is 21.0. The van der Waals surface area contributed by atoms with Crippen LogP contribution in [0.25, 0.3) is 0 Å². The normalized spacial score (nSPS) is 13.0. The van der Waals surface area contributed by atoms with Crippen molar-refractivity contribution in [3.63, 3.8) is 0 Å². The monoisotopic (exact) mass is 354 g/mol. The Labute approximate surface area is 148 Å². The van der Waals surface area contributed by atoms with Crippen molar-refractivity contribution in [1.29, 1.82) is 0 Å². The molecule has 24 heavy (non-hydrogen) atoms. The maximum absolute atomic E-state index is 12.9. The second kappa shape index (κ2) is 11.5. The summed E-state index contributed by atoms with van der Waals surface area (Å²) in [5.41, 5.74) is 0.852. The van der Waals surface area contributed by atoms with E-state index in [1.807, 2.05) is 24.3 Å². The highest BCUT2D eigenvalue weighted by Gasteiger charge is 2.25. The molecule has 0 aliphatic carbocycles. The Morgan fingerprint density at radius 3 is 1.96 bits per heavy atom. The summed E-state index contributed by atoms with van der Waals surface area (Å²) in [7, 11) is -1.49. The van der Waals surface area contributed by atoms with Crippen LogP contribution in [0, 0.1) is 0 Å². The van der Waals surface area contributed by atoms with E-state index in [2.05, 4.69) is 13.8 Å². The van der Waals surface area contributed by atoms with Gasteiger partial charge in [-0.25, -0.2) is 8.42 Å². The van der Waals surface area contributed by atoms with Gasteiger partial charge in [-0.3, -0.25) is 0 Å². The summed E-state index contributed by atoms with van der Waals surface area (Å²) in [5.74, 6) is 0.900. The molecule has 0 aliphatic rings. The van der Waals surface area contributed by atoms with Crippen LogP contribution in [0.1, 0.15) is 77.2 Å². The van der Waals surface area contributed by atoms with Crippen LogP contribution < -0.4 is 4.74 Å². The van der Waals surface area contributed by atoms with Crippen LogP contribution in [0.3, 0.4) is 0 Å². The second-order valence-electron chi connectivity index (χ2n) is 6.62. The fourth-order valence-corrected chi connectivity index (χ4v) is 4.94. The molecule has 1 aromatic rings. The van der Waals surface area contributed by atoms with Crippen LogP contribution in [0.2, 0.25) is 0 Å². The molecule has 0 spiro atoms. The fraction of sp³-hybridized carbons (Fsp3) is 0.700. The molecule has 1 aromatic carbocycles. The van der Waals surface area contributed by atoms with Gasteiger partial charge >= 0.3 is 0 Å². The molecule has 0 N–H and O–H groups in total. The zero-order chi connectivity index (χ0) is 17.8. The average molecular weight is 355 g/mol. The molecule has 1 atom stereocenters. The number of ether oxygens (including phenoxy) is 1. The standard InChI is InChI=1S/C20H34O3S/c1-4-6-8-10-12-20(11-9-7-5-2)24(21,22)17-18-13-15-19(23-3)16-14-18/h13-16,20H,4-12,17H2,1-3H3. The summed E-state index contributed by atoms with van der Waals surface area (Å²) < 4.78 is 30.9. The smallest absolute Gasteiger partial charge is 0.157 e. The van der Waals surface area contributed by atoms with Gasteiger partial charge in [-0.15, -0.1) is 0 Å². The third-order valence-corrected chi connectivity index (χ3v) is 6.77. The van der Waals surface area contributed by atoms with Gasteiger partial charge in [0, 0.05) is 0 Å². The number of sulfone groups is 1. The van der Waals surface area contributed by atoms with E-state index in [-0.39, 0.29) is 11.0 Å². The third-order valence-electron chi connectivity index (χ3n) is 4.54. The van der Waals surface area contributed by atoms with Gasteiger partial charge in [-0.05, 0) is 30.5 Å². The lowest BCUT2D eigenvalue weighted by atomic mass is 10.1. The van der Waals surface area contributed by atoms with E-state index in [0.717, 1.165) is 56.3 Å². The highest BCUT2D eigenvalue weighted by Crippen LogP contribution is 2.23. The molecule has 3 nitrogen and oxygen atoms in total. The Hall–Kier alpha value is -1.03. The van der Waals surface area contributed by atoms with E-state index in [1.54, 1.807) is 7.11 Å². The summed E-state index contributed by atoms with van der Waals surface area (Å²) in [6.45, 7) is 4.33. The predicted octanol–water partition coefficient (Wildman–Crippen LogP) is 5.53. The summed E-state index contributed by atoms with van der Waals surface area (Å²) in [4.78, 5) is 0. The molecule has 0 saturated carbocycles. The average Bonchev–Trinajstić information content (AvgIpc) is 2.57. The molecule has 0 aromatic heterocycles. The van der Waals surface area contributed by atoms with Crippen LogP contribution in [0.5, 0.6) is 5.75 Å². The summed E-state index contributed by atoms with van der Waals surface area (Å²) in [5, 5.41) is -0.192. The number of unbranched alkanes of at least 4 members (excludes halogenated alkanes) is 5. The van der Waals surface area contributed by atoms with Crippen LogP contribution in [0.15, 0.2) is 24.3 Å². The Balaban J connectivity index is 2.71. The lowest BCUT2D eigenvalue weighted by Crippen LogP contribution is -2.23. The van der Waals surface area contributed by atoms with Crippen molar-refractivity contribution >= 4 is 9.84 Å². The quantitative estimate of drug-likeness (QED) is 0.437. The van der Waals surface area contributed by atoms with Crippen molar-refractivity contribution in [2.24, 2.45) is 0 Å². The first-order chi connectivity index (χ1) is 11.5. The van der Waals surface area contributed by atoms with Gasteiger partial charge in [-0.1, -0.05) is 70.9 Å². The molecule has 0 fully saturated rings. The van der Waals surface area contributed by atoms with Crippen molar-refractivity contribution < 1.29 is 13.2 Å². The van der Waals surface area contributed by atoms with Gasteiger partial charge in [0.15, 0.2) is 9.84 Å². The molecule has 0 aliphatic heterocycles. The topological polar surface area (TPSA) is 43.4 Å². The molecule has 4 heteroatoms. The van der Waals surface area contributed by atoms with Gasteiger partial charge in [0.1, 0.15) is 5.75 Å². The van der Waals surface area contributed by atoms with E-state index < -0.39 is 9.84 Å². The largest absolute Gasteiger partial charge is 0.497 e. The van der Waals surface area contributed by atoms with Crippen LogP contribution in [-0.4, -0.2) is 20.8 Å². The van der Waals surface area contributed by atoms with Crippen molar-refractivity contribution in [2.75, 3.05) is 7.11 Å². The van der Waals surface area contributed by atoms with E-state index in [9.17, 15) is 8.42 Å².